The minimum atomic E-state index is -0.410. The third-order valence-electron chi connectivity index (χ3n) is 3.91. The highest BCUT2D eigenvalue weighted by Gasteiger charge is 2.21. The molecule has 2 aromatic heterocycles. The van der Waals surface area contributed by atoms with Crippen LogP contribution in [0.25, 0.3) is 5.95 Å². The first kappa shape index (κ1) is 19.2. The monoisotopic (exact) mass is 405 g/mol. The van der Waals surface area contributed by atoms with Crippen molar-refractivity contribution in [2.24, 2.45) is 0 Å². The minimum Gasteiger partial charge on any atom is -0.351 e. The Morgan fingerprint density at radius 1 is 1.33 bits per heavy atom. The molecule has 0 bridgehead atoms. The van der Waals surface area contributed by atoms with Crippen LogP contribution in [0.5, 0.6) is 0 Å². The van der Waals surface area contributed by atoms with Gasteiger partial charge < -0.3 is 11.2 Å². The first-order valence-electron chi connectivity index (χ1n) is 8.28. The fraction of sp³-hybridized carbons (Fsp3) is 0.294. The zero-order chi connectivity index (χ0) is 19.6. The van der Waals surface area contributed by atoms with Gasteiger partial charge >= 0.3 is 0 Å². The molecule has 0 aliphatic heterocycles. The highest BCUT2D eigenvalue weighted by Crippen LogP contribution is 2.22. The van der Waals surface area contributed by atoms with Gasteiger partial charge in [-0.15, -0.1) is 10.2 Å². The predicted octanol–water partition coefficient (Wildman–Crippen LogP) is 2.24. The Kier molecular flexibility index (Phi) is 5.71. The van der Waals surface area contributed by atoms with E-state index >= 15 is 0 Å². The number of aryl methyl sites for hydroxylation is 2. The predicted molar refractivity (Wildman–Crippen MR) is 105 cm³/mol. The molecule has 0 spiro atoms. The molecule has 1 atom stereocenters. The van der Waals surface area contributed by atoms with E-state index in [4.69, 9.17) is 17.4 Å². The molecule has 0 saturated carbocycles. The van der Waals surface area contributed by atoms with Crippen LogP contribution in [0.2, 0.25) is 5.02 Å². The number of hydrogen-bond donors (Lipinski definition) is 2. The van der Waals surface area contributed by atoms with E-state index in [1.165, 1.54) is 16.4 Å². The summed E-state index contributed by atoms with van der Waals surface area (Å²) in [5, 5.41) is 16.0. The second kappa shape index (κ2) is 8.01. The third-order valence-corrected chi connectivity index (χ3v) is 5.33. The highest BCUT2D eigenvalue weighted by atomic mass is 35.5. The zero-order valence-corrected chi connectivity index (χ0v) is 16.8. The summed E-state index contributed by atoms with van der Waals surface area (Å²) in [7, 11) is 0. The lowest BCUT2D eigenvalue weighted by molar-refractivity contribution is -0.120. The van der Waals surface area contributed by atoms with E-state index in [0.717, 1.165) is 17.0 Å². The van der Waals surface area contributed by atoms with Gasteiger partial charge in [0, 0.05) is 17.3 Å². The summed E-state index contributed by atoms with van der Waals surface area (Å²) in [6.07, 6.45) is 0. The van der Waals surface area contributed by atoms with Gasteiger partial charge in [0.25, 0.3) is 5.95 Å². The number of carbonyl (C=O) groups excluding carboxylic acids is 1. The summed E-state index contributed by atoms with van der Waals surface area (Å²) in [5.41, 5.74) is 2.62. The quantitative estimate of drug-likeness (QED) is 0.481. The molecule has 1 aromatic carbocycles. The molecule has 3 rings (SSSR count). The third kappa shape index (κ3) is 4.25. The molecule has 0 aliphatic carbocycles. The number of aromatic nitrogens is 5. The van der Waals surface area contributed by atoms with E-state index < -0.39 is 5.25 Å². The maximum Gasteiger partial charge on any atom is 0.271 e. The molecule has 0 aliphatic rings. The van der Waals surface area contributed by atoms with Gasteiger partial charge in [0.05, 0.1) is 10.9 Å². The van der Waals surface area contributed by atoms with Crippen molar-refractivity contribution in [1.82, 2.24) is 30.0 Å². The van der Waals surface area contributed by atoms with Crippen LogP contribution in [0.15, 0.2) is 35.5 Å². The highest BCUT2D eigenvalue weighted by molar-refractivity contribution is 8.00. The zero-order valence-electron chi connectivity index (χ0n) is 15.2. The summed E-state index contributed by atoms with van der Waals surface area (Å²) in [5.74, 6) is 6.36. The van der Waals surface area contributed by atoms with Crippen molar-refractivity contribution in [2.45, 2.75) is 37.7 Å². The molecule has 10 heteroatoms. The lowest BCUT2D eigenvalue weighted by atomic mass is 10.2. The summed E-state index contributed by atoms with van der Waals surface area (Å²) in [6, 6.07) is 9.31. The number of nitrogen functional groups attached to an aromatic ring is 1. The van der Waals surface area contributed by atoms with Gasteiger partial charge in [0.15, 0.2) is 0 Å². The summed E-state index contributed by atoms with van der Waals surface area (Å²) >= 11 is 7.33. The number of nitrogens with two attached hydrogens (primary N) is 1. The fourth-order valence-corrected chi connectivity index (χ4v) is 3.50. The van der Waals surface area contributed by atoms with Gasteiger partial charge in [-0.2, -0.15) is 5.10 Å². The second-order valence-electron chi connectivity index (χ2n) is 6.06. The number of thioether (sulfide) groups is 1. The van der Waals surface area contributed by atoms with Crippen LogP contribution >= 0.6 is 23.4 Å². The lowest BCUT2D eigenvalue weighted by Crippen LogP contribution is -2.31. The van der Waals surface area contributed by atoms with Crippen molar-refractivity contribution in [3.05, 3.63) is 52.3 Å². The number of hydrogen-bond acceptors (Lipinski definition) is 6. The molecule has 0 radical (unpaired) electrons. The van der Waals surface area contributed by atoms with Crippen molar-refractivity contribution in [3.63, 3.8) is 0 Å². The number of halogens is 1. The normalized spacial score (nSPS) is 12.1. The van der Waals surface area contributed by atoms with Crippen molar-refractivity contribution < 1.29 is 4.79 Å². The Morgan fingerprint density at radius 3 is 2.74 bits per heavy atom. The maximum absolute atomic E-state index is 12.4. The molecule has 0 saturated heterocycles. The molecular formula is C17H20ClN7OS. The smallest absolute Gasteiger partial charge is 0.271 e. The molecule has 3 N–H and O–H groups in total. The van der Waals surface area contributed by atoms with Crippen LogP contribution in [0.4, 0.5) is 0 Å². The van der Waals surface area contributed by atoms with E-state index in [1.807, 2.05) is 38.1 Å². The van der Waals surface area contributed by atoms with Crippen LogP contribution in [-0.4, -0.2) is 35.8 Å². The van der Waals surface area contributed by atoms with Crippen LogP contribution in [0, 0.1) is 13.8 Å². The number of rotatable bonds is 6. The van der Waals surface area contributed by atoms with Crippen LogP contribution in [0.3, 0.4) is 0 Å². The summed E-state index contributed by atoms with van der Waals surface area (Å²) in [4.78, 5) is 12.4. The molecule has 1 amide bonds. The molecule has 3 aromatic rings. The number of nitrogens with one attached hydrogen (secondary N) is 1. The number of amides is 1. The number of benzene rings is 1. The lowest BCUT2D eigenvalue weighted by Gasteiger charge is -2.12. The van der Waals surface area contributed by atoms with E-state index in [-0.39, 0.29) is 5.91 Å². The molecule has 0 unspecified atom stereocenters. The summed E-state index contributed by atoms with van der Waals surface area (Å²) in [6.45, 7) is 5.94. The van der Waals surface area contributed by atoms with Gasteiger partial charge in [0.1, 0.15) is 0 Å². The molecular weight excluding hydrogens is 386 g/mol. The maximum atomic E-state index is 12.4. The largest absolute Gasteiger partial charge is 0.351 e. The van der Waals surface area contributed by atoms with Crippen LogP contribution < -0.4 is 11.2 Å². The number of nitrogens with zero attached hydrogens (tertiary/aromatic N) is 5. The Bertz CT molecular complexity index is 968. The molecule has 2 heterocycles. The Balaban J connectivity index is 1.66. The van der Waals surface area contributed by atoms with Crippen molar-refractivity contribution in [1.29, 1.82) is 0 Å². The van der Waals surface area contributed by atoms with Crippen LogP contribution in [0.1, 0.15) is 23.9 Å². The van der Waals surface area contributed by atoms with Gasteiger partial charge in [0.2, 0.25) is 11.1 Å². The Morgan fingerprint density at radius 2 is 2.07 bits per heavy atom. The summed E-state index contributed by atoms with van der Waals surface area (Å²) < 4.78 is 2.95. The van der Waals surface area contributed by atoms with Gasteiger partial charge in [-0.1, -0.05) is 41.6 Å². The Hall–Kier alpha value is -2.52. The first-order valence-corrected chi connectivity index (χ1v) is 9.54. The van der Waals surface area contributed by atoms with E-state index in [2.05, 4.69) is 20.6 Å². The molecule has 0 fully saturated rings. The molecule has 142 valence electrons. The average molecular weight is 406 g/mol. The second-order valence-corrected chi connectivity index (χ2v) is 7.78. The number of carbonyl (C=O) groups is 1. The van der Waals surface area contributed by atoms with Crippen molar-refractivity contribution >= 4 is 29.3 Å². The fourth-order valence-electron chi connectivity index (χ4n) is 2.50. The molecule has 8 nitrogen and oxygen atoms in total. The van der Waals surface area contributed by atoms with Crippen LogP contribution in [-0.2, 0) is 11.3 Å². The topological polar surface area (TPSA) is 104 Å². The minimum absolute atomic E-state index is 0.143. The molecule has 27 heavy (non-hydrogen) atoms. The van der Waals surface area contributed by atoms with E-state index in [1.54, 1.807) is 17.7 Å². The van der Waals surface area contributed by atoms with Gasteiger partial charge in [-0.05, 0) is 38.5 Å². The SMILES string of the molecule is Cc1cc(C)n(-c2nnc(S[C@@H](C)C(=O)NCc3ccccc3Cl)n2N)n1. The van der Waals surface area contributed by atoms with E-state index in [9.17, 15) is 4.79 Å². The van der Waals surface area contributed by atoms with Gasteiger partial charge in [-0.25, -0.2) is 9.36 Å². The van der Waals surface area contributed by atoms with E-state index in [0.29, 0.717) is 22.7 Å². The standard InChI is InChI=1S/C17H20ClN7OS/c1-10-8-11(2)25(23-10)16-21-22-17(24(16)19)27-12(3)15(26)20-9-13-6-4-5-7-14(13)18/h4-8,12H,9,19H2,1-3H3,(H,20,26)/t12-/m0/s1. The average Bonchev–Trinajstić information content (AvgIpc) is 3.15. The Labute approximate surface area is 166 Å². The van der Waals surface area contributed by atoms with Gasteiger partial charge in [-0.3, -0.25) is 4.79 Å². The van der Waals surface area contributed by atoms with Crippen molar-refractivity contribution in [3.8, 4) is 5.95 Å². The first-order chi connectivity index (χ1) is 12.9. The van der Waals surface area contributed by atoms with Crippen molar-refractivity contribution in [2.75, 3.05) is 5.84 Å².